The van der Waals surface area contributed by atoms with Crippen molar-refractivity contribution < 1.29 is 9.84 Å². The van der Waals surface area contributed by atoms with Crippen molar-refractivity contribution in [2.45, 2.75) is 32.6 Å². The van der Waals surface area contributed by atoms with E-state index in [9.17, 15) is 0 Å². The molecule has 0 amide bonds. The van der Waals surface area contributed by atoms with Crippen LogP contribution in [0.15, 0.2) is 46.9 Å². The van der Waals surface area contributed by atoms with Crippen LogP contribution >= 0.6 is 15.9 Å². The molecule has 0 heterocycles. The quantitative estimate of drug-likeness (QED) is 0.754. The van der Waals surface area contributed by atoms with Gasteiger partial charge < -0.3 is 9.84 Å². The minimum Gasteiger partial charge on any atom is -0.457 e. The highest BCUT2D eigenvalue weighted by atomic mass is 79.9. The molecule has 0 aliphatic carbocycles. The number of hydrogen-bond acceptors (Lipinski definition) is 2. The molecule has 0 aromatic heterocycles. The molecule has 2 aromatic carbocycles. The van der Waals surface area contributed by atoms with Gasteiger partial charge in [-0.05, 0) is 55.5 Å². The van der Waals surface area contributed by atoms with Crippen LogP contribution in [-0.2, 0) is 0 Å². The van der Waals surface area contributed by atoms with Crippen LogP contribution < -0.4 is 4.74 Å². The van der Waals surface area contributed by atoms with Gasteiger partial charge >= 0.3 is 0 Å². The van der Waals surface area contributed by atoms with Gasteiger partial charge in [-0.25, -0.2) is 0 Å². The Morgan fingerprint density at radius 1 is 1.14 bits per heavy atom. The summed E-state index contributed by atoms with van der Waals surface area (Å²) in [6.45, 7) is 4.47. The highest BCUT2D eigenvalue weighted by Gasteiger charge is 2.07. The highest BCUT2D eigenvalue weighted by Crippen LogP contribution is 2.30. The molecule has 0 saturated carbocycles. The average molecular weight is 349 g/mol. The molecule has 112 valence electrons. The van der Waals surface area contributed by atoms with E-state index in [1.165, 1.54) is 5.56 Å². The second-order valence-electron chi connectivity index (χ2n) is 5.30. The molecular formula is C18H21BrO2. The molecule has 0 unspecified atom stereocenters. The topological polar surface area (TPSA) is 29.5 Å². The van der Waals surface area contributed by atoms with Gasteiger partial charge in [-0.2, -0.15) is 0 Å². The molecule has 0 spiro atoms. The van der Waals surface area contributed by atoms with Gasteiger partial charge in [0.25, 0.3) is 0 Å². The lowest BCUT2D eigenvalue weighted by Crippen LogP contribution is -1.96. The van der Waals surface area contributed by atoms with E-state index in [0.717, 1.165) is 34.4 Å². The molecule has 1 N–H and O–H groups in total. The van der Waals surface area contributed by atoms with Crippen molar-refractivity contribution >= 4 is 15.9 Å². The third-order valence-corrected chi connectivity index (χ3v) is 4.55. The molecular weight excluding hydrogens is 328 g/mol. The minimum atomic E-state index is 0.258. The predicted molar refractivity (Wildman–Crippen MR) is 90.1 cm³/mol. The first-order valence-corrected chi connectivity index (χ1v) is 8.05. The summed E-state index contributed by atoms with van der Waals surface area (Å²) in [7, 11) is 0. The monoisotopic (exact) mass is 348 g/mol. The molecule has 0 aliphatic heterocycles. The van der Waals surface area contributed by atoms with E-state index >= 15 is 0 Å². The molecule has 21 heavy (non-hydrogen) atoms. The zero-order chi connectivity index (χ0) is 15.2. The average Bonchev–Trinajstić information content (AvgIpc) is 2.50. The molecule has 0 fully saturated rings. The van der Waals surface area contributed by atoms with Crippen molar-refractivity contribution in [1.82, 2.24) is 0 Å². The van der Waals surface area contributed by atoms with Crippen LogP contribution in [0.1, 0.15) is 36.8 Å². The van der Waals surface area contributed by atoms with Gasteiger partial charge in [0.15, 0.2) is 0 Å². The van der Waals surface area contributed by atoms with Gasteiger partial charge in [0, 0.05) is 16.6 Å². The van der Waals surface area contributed by atoms with Crippen molar-refractivity contribution in [1.29, 1.82) is 0 Å². The molecule has 0 bridgehead atoms. The lowest BCUT2D eigenvalue weighted by molar-refractivity contribution is 0.281. The molecule has 1 atom stereocenters. The van der Waals surface area contributed by atoms with Gasteiger partial charge in [-0.15, -0.1) is 0 Å². The van der Waals surface area contributed by atoms with Crippen LogP contribution in [-0.4, -0.2) is 11.7 Å². The summed E-state index contributed by atoms with van der Waals surface area (Å²) in [6, 6.07) is 14.2. The van der Waals surface area contributed by atoms with Crippen LogP contribution in [0.25, 0.3) is 0 Å². The fourth-order valence-corrected chi connectivity index (χ4v) is 2.60. The number of aliphatic hydroxyl groups excluding tert-OH is 1. The fraction of sp³-hybridized carbons (Fsp3) is 0.333. The summed E-state index contributed by atoms with van der Waals surface area (Å²) in [4.78, 5) is 0. The van der Waals surface area contributed by atoms with Crippen LogP contribution in [0.2, 0.25) is 0 Å². The standard InChI is InChI=1S/C18H21BrO2/c1-13(5-4-12-20)15-8-10-16(11-9-15)21-18-7-3-6-17(19)14(18)2/h3,6-11,13,20H,4-5,12H2,1-2H3/t13-/m0/s1. The molecule has 3 heteroatoms. The van der Waals surface area contributed by atoms with Gasteiger partial charge in [0.05, 0.1) is 0 Å². The maximum absolute atomic E-state index is 8.89. The number of rotatable bonds is 6. The van der Waals surface area contributed by atoms with E-state index in [1.54, 1.807) is 0 Å². The number of hydrogen-bond donors (Lipinski definition) is 1. The van der Waals surface area contributed by atoms with Crippen molar-refractivity contribution in [3.05, 3.63) is 58.1 Å². The van der Waals surface area contributed by atoms with Crippen molar-refractivity contribution in [2.24, 2.45) is 0 Å². The molecule has 0 radical (unpaired) electrons. The lowest BCUT2D eigenvalue weighted by atomic mass is 9.96. The Kier molecular flexibility index (Phi) is 5.83. The predicted octanol–water partition coefficient (Wildman–Crippen LogP) is 5.43. The van der Waals surface area contributed by atoms with Gasteiger partial charge in [0.2, 0.25) is 0 Å². The first-order chi connectivity index (χ1) is 10.1. The van der Waals surface area contributed by atoms with Crippen LogP contribution in [0.3, 0.4) is 0 Å². The third-order valence-electron chi connectivity index (χ3n) is 3.69. The van der Waals surface area contributed by atoms with E-state index in [0.29, 0.717) is 5.92 Å². The number of aliphatic hydroxyl groups is 1. The maximum Gasteiger partial charge on any atom is 0.131 e. The fourth-order valence-electron chi connectivity index (χ4n) is 2.25. The molecule has 2 rings (SSSR count). The zero-order valence-electron chi connectivity index (χ0n) is 12.5. The largest absolute Gasteiger partial charge is 0.457 e. The Hall–Kier alpha value is -1.32. The molecule has 0 aliphatic rings. The van der Waals surface area contributed by atoms with E-state index < -0.39 is 0 Å². The Morgan fingerprint density at radius 2 is 1.86 bits per heavy atom. The van der Waals surface area contributed by atoms with Gasteiger partial charge in [-0.1, -0.05) is 41.1 Å². The van der Waals surface area contributed by atoms with Crippen LogP contribution in [0.4, 0.5) is 0 Å². The Morgan fingerprint density at radius 3 is 2.52 bits per heavy atom. The van der Waals surface area contributed by atoms with Crippen molar-refractivity contribution in [3.8, 4) is 11.5 Å². The molecule has 2 nitrogen and oxygen atoms in total. The lowest BCUT2D eigenvalue weighted by Gasteiger charge is -2.13. The third kappa shape index (κ3) is 4.32. The van der Waals surface area contributed by atoms with E-state index in [4.69, 9.17) is 9.84 Å². The Bertz CT molecular complexity index is 578. The summed E-state index contributed by atoms with van der Waals surface area (Å²) >= 11 is 3.51. The zero-order valence-corrected chi connectivity index (χ0v) is 14.1. The number of halogens is 1. The first-order valence-electron chi connectivity index (χ1n) is 7.25. The van der Waals surface area contributed by atoms with Crippen molar-refractivity contribution in [3.63, 3.8) is 0 Å². The summed E-state index contributed by atoms with van der Waals surface area (Å²) < 4.78 is 6.99. The number of ether oxygens (including phenoxy) is 1. The normalized spacial score (nSPS) is 12.2. The minimum absolute atomic E-state index is 0.258. The first kappa shape index (κ1) is 16.1. The summed E-state index contributed by atoms with van der Waals surface area (Å²) in [5.41, 5.74) is 2.37. The van der Waals surface area contributed by atoms with Gasteiger partial charge in [-0.3, -0.25) is 0 Å². The SMILES string of the molecule is Cc1c(Br)cccc1Oc1ccc([C@@H](C)CCCO)cc1. The summed E-state index contributed by atoms with van der Waals surface area (Å²) in [5.74, 6) is 2.17. The van der Waals surface area contributed by atoms with Gasteiger partial charge in [0.1, 0.15) is 11.5 Å². The van der Waals surface area contributed by atoms with E-state index in [1.807, 2.05) is 37.3 Å². The second-order valence-corrected chi connectivity index (χ2v) is 6.16. The summed E-state index contributed by atoms with van der Waals surface area (Å²) in [6.07, 6.45) is 1.85. The molecule has 2 aromatic rings. The van der Waals surface area contributed by atoms with E-state index in [-0.39, 0.29) is 6.61 Å². The van der Waals surface area contributed by atoms with Crippen LogP contribution in [0, 0.1) is 6.92 Å². The van der Waals surface area contributed by atoms with E-state index in [2.05, 4.69) is 35.0 Å². The smallest absolute Gasteiger partial charge is 0.131 e. The summed E-state index contributed by atoms with van der Waals surface area (Å²) in [5, 5.41) is 8.89. The number of benzene rings is 2. The highest BCUT2D eigenvalue weighted by molar-refractivity contribution is 9.10. The van der Waals surface area contributed by atoms with Crippen molar-refractivity contribution in [2.75, 3.05) is 6.61 Å². The second kappa shape index (κ2) is 7.62. The maximum atomic E-state index is 8.89. The Labute approximate surface area is 134 Å². The molecule has 0 saturated heterocycles. The Balaban J connectivity index is 2.07. The van der Waals surface area contributed by atoms with Crippen LogP contribution in [0.5, 0.6) is 11.5 Å².